The lowest BCUT2D eigenvalue weighted by Gasteiger charge is -2.34. The predicted molar refractivity (Wildman–Crippen MR) is 82.1 cm³/mol. The fourth-order valence-corrected chi connectivity index (χ4v) is 4.78. The minimum Gasteiger partial charge on any atom is -0.326 e. The molecule has 7 heteroatoms. The number of rotatable bonds is 5. The van der Waals surface area contributed by atoms with E-state index in [0.29, 0.717) is 23.1 Å². The molecule has 2 unspecified atom stereocenters. The third-order valence-corrected chi connectivity index (χ3v) is 5.94. The third-order valence-electron chi connectivity index (χ3n) is 4.48. The van der Waals surface area contributed by atoms with Crippen LogP contribution in [0.1, 0.15) is 50.8 Å². The van der Waals surface area contributed by atoms with Gasteiger partial charge in [-0.15, -0.1) is 0 Å². The Balaban J connectivity index is 2.23. The second-order valence-corrected chi connectivity index (χ2v) is 7.89. The van der Waals surface area contributed by atoms with Crippen LogP contribution in [-0.2, 0) is 16.6 Å². The van der Waals surface area contributed by atoms with Gasteiger partial charge < -0.3 is 5.73 Å². The van der Waals surface area contributed by atoms with E-state index in [2.05, 4.69) is 28.8 Å². The minimum absolute atomic E-state index is 0.00798. The van der Waals surface area contributed by atoms with Crippen molar-refractivity contribution >= 4 is 10.0 Å². The molecule has 1 aliphatic rings. The Morgan fingerprint density at radius 3 is 2.67 bits per heavy atom. The van der Waals surface area contributed by atoms with Crippen LogP contribution >= 0.6 is 0 Å². The van der Waals surface area contributed by atoms with Gasteiger partial charge in [0.1, 0.15) is 0 Å². The third kappa shape index (κ3) is 3.46. The Kier molecular flexibility index (Phi) is 5.06. The average molecular weight is 314 g/mol. The number of aromatic amines is 1. The van der Waals surface area contributed by atoms with E-state index in [4.69, 9.17) is 5.73 Å². The number of nitrogens with two attached hydrogens (primary N) is 1. The molecule has 0 aliphatic heterocycles. The highest BCUT2D eigenvalue weighted by Gasteiger charge is 2.33. The molecule has 0 radical (unpaired) electrons. The quantitative estimate of drug-likeness (QED) is 0.769. The van der Waals surface area contributed by atoms with E-state index in [9.17, 15) is 8.42 Å². The molecule has 2 atom stereocenters. The van der Waals surface area contributed by atoms with Crippen LogP contribution < -0.4 is 10.5 Å². The molecule has 0 amide bonds. The normalized spacial score (nSPS) is 23.7. The van der Waals surface area contributed by atoms with Crippen LogP contribution in [0.3, 0.4) is 0 Å². The first kappa shape index (κ1) is 16.5. The Labute approximate surface area is 126 Å². The number of hydrogen-bond donors (Lipinski definition) is 3. The summed E-state index contributed by atoms with van der Waals surface area (Å²) in [5.74, 6) is 0.850. The Bertz CT molecular complexity index is 580. The molecule has 1 aromatic heterocycles. The summed E-state index contributed by atoms with van der Waals surface area (Å²) in [6, 6.07) is -0.00798. The summed E-state index contributed by atoms with van der Waals surface area (Å²) < 4.78 is 28.1. The van der Waals surface area contributed by atoms with Crippen molar-refractivity contribution in [3.8, 4) is 0 Å². The summed E-state index contributed by atoms with van der Waals surface area (Å²) >= 11 is 0. The molecule has 0 spiro atoms. The first-order chi connectivity index (χ1) is 9.86. The van der Waals surface area contributed by atoms with Crippen molar-refractivity contribution in [3.63, 3.8) is 0 Å². The van der Waals surface area contributed by atoms with Crippen LogP contribution in [0.25, 0.3) is 0 Å². The van der Waals surface area contributed by atoms with E-state index in [0.717, 1.165) is 19.3 Å². The molecule has 0 bridgehead atoms. The van der Waals surface area contributed by atoms with Gasteiger partial charge in [-0.25, -0.2) is 13.1 Å². The molecule has 1 heterocycles. The van der Waals surface area contributed by atoms with Gasteiger partial charge in [-0.05, 0) is 31.6 Å². The van der Waals surface area contributed by atoms with Crippen molar-refractivity contribution in [2.24, 2.45) is 17.6 Å². The zero-order valence-electron chi connectivity index (χ0n) is 13.0. The summed E-state index contributed by atoms with van der Waals surface area (Å²) in [6.45, 7) is 6.26. The topological polar surface area (TPSA) is 101 Å². The first-order valence-corrected chi connectivity index (χ1v) is 9.11. The largest absolute Gasteiger partial charge is 0.326 e. The smallest absolute Gasteiger partial charge is 0.260 e. The molecule has 6 nitrogen and oxygen atoms in total. The van der Waals surface area contributed by atoms with Gasteiger partial charge in [0.2, 0.25) is 0 Å². The van der Waals surface area contributed by atoms with E-state index in [-0.39, 0.29) is 17.6 Å². The fraction of sp³-hybridized carbons (Fsp3) is 0.786. The van der Waals surface area contributed by atoms with Crippen molar-refractivity contribution in [1.82, 2.24) is 14.9 Å². The summed E-state index contributed by atoms with van der Waals surface area (Å²) in [4.78, 5) is 0. The van der Waals surface area contributed by atoms with Crippen LogP contribution in [0.5, 0.6) is 0 Å². The predicted octanol–water partition coefficient (Wildman–Crippen LogP) is 1.67. The molecule has 1 aliphatic carbocycles. The summed E-state index contributed by atoms with van der Waals surface area (Å²) in [7, 11) is -3.62. The molecular formula is C14H26N4O2S. The second kappa shape index (κ2) is 6.46. The lowest BCUT2D eigenvalue weighted by molar-refractivity contribution is 0.226. The maximum Gasteiger partial charge on any atom is 0.260 e. The van der Waals surface area contributed by atoms with Crippen molar-refractivity contribution in [2.45, 2.75) is 64.1 Å². The van der Waals surface area contributed by atoms with Crippen LogP contribution in [0, 0.1) is 18.8 Å². The summed E-state index contributed by atoms with van der Waals surface area (Å²) in [6.07, 6.45) is 4.22. The number of H-pyrrole nitrogens is 1. The molecule has 0 aromatic carbocycles. The highest BCUT2D eigenvalue weighted by atomic mass is 32.2. The van der Waals surface area contributed by atoms with E-state index >= 15 is 0 Å². The zero-order chi connectivity index (χ0) is 15.6. The molecule has 21 heavy (non-hydrogen) atoms. The molecule has 2 rings (SSSR count). The number of hydrogen-bond acceptors (Lipinski definition) is 4. The minimum atomic E-state index is -3.62. The fourth-order valence-electron chi connectivity index (χ4n) is 3.25. The first-order valence-electron chi connectivity index (χ1n) is 7.63. The molecule has 1 saturated carbocycles. The number of nitrogens with zero attached hydrogens (tertiary/aromatic N) is 1. The number of nitrogens with one attached hydrogen (secondary N) is 2. The number of sulfonamides is 1. The lowest BCUT2D eigenvalue weighted by atomic mass is 9.78. The van der Waals surface area contributed by atoms with Gasteiger partial charge >= 0.3 is 0 Å². The maximum absolute atomic E-state index is 12.6. The van der Waals surface area contributed by atoms with Gasteiger partial charge in [-0.2, -0.15) is 5.10 Å². The zero-order valence-corrected chi connectivity index (χ0v) is 13.8. The highest BCUT2D eigenvalue weighted by molar-refractivity contribution is 7.89. The van der Waals surface area contributed by atoms with Crippen molar-refractivity contribution in [3.05, 3.63) is 11.3 Å². The van der Waals surface area contributed by atoms with Crippen molar-refractivity contribution in [2.75, 3.05) is 0 Å². The average Bonchev–Trinajstić information content (AvgIpc) is 2.80. The standard InChI is InChI=1S/C14H26N4O2S/c1-9(2)11-6-4-5-7-13(11)18-21(19,20)14-12(8-15)10(3)16-17-14/h9,11,13,18H,4-8,15H2,1-3H3,(H,16,17). The van der Waals surface area contributed by atoms with Crippen molar-refractivity contribution < 1.29 is 8.42 Å². The van der Waals surface area contributed by atoms with Gasteiger partial charge in [0.25, 0.3) is 10.0 Å². The molecule has 0 saturated heterocycles. The molecule has 120 valence electrons. The second-order valence-electron chi connectivity index (χ2n) is 6.26. The molecule has 1 aromatic rings. The van der Waals surface area contributed by atoms with Crippen LogP contribution in [0.15, 0.2) is 5.03 Å². The highest BCUT2D eigenvalue weighted by Crippen LogP contribution is 2.31. The van der Waals surface area contributed by atoms with Gasteiger partial charge in [-0.3, -0.25) is 5.10 Å². The van der Waals surface area contributed by atoms with Crippen LogP contribution in [0.2, 0.25) is 0 Å². The molecule has 4 N–H and O–H groups in total. The van der Waals surface area contributed by atoms with Gasteiger partial charge in [0.05, 0.1) is 0 Å². The van der Waals surface area contributed by atoms with E-state index < -0.39 is 10.0 Å². The van der Waals surface area contributed by atoms with Crippen LogP contribution in [-0.4, -0.2) is 24.7 Å². The van der Waals surface area contributed by atoms with Gasteiger partial charge in [0.15, 0.2) is 5.03 Å². The molecular weight excluding hydrogens is 288 g/mol. The number of aromatic nitrogens is 2. The Morgan fingerprint density at radius 1 is 1.38 bits per heavy atom. The molecule has 1 fully saturated rings. The van der Waals surface area contributed by atoms with E-state index in [1.54, 1.807) is 6.92 Å². The Hall–Kier alpha value is -0.920. The van der Waals surface area contributed by atoms with E-state index in [1.165, 1.54) is 6.42 Å². The Morgan fingerprint density at radius 2 is 2.05 bits per heavy atom. The van der Waals surface area contributed by atoms with Gasteiger partial charge in [0, 0.05) is 23.8 Å². The van der Waals surface area contributed by atoms with Gasteiger partial charge in [-0.1, -0.05) is 26.7 Å². The lowest BCUT2D eigenvalue weighted by Crippen LogP contribution is -2.44. The summed E-state index contributed by atoms with van der Waals surface area (Å²) in [5.41, 5.74) is 6.93. The SMILES string of the molecule is Cc1[nH]nc(S(=O)(=O)NC2CCCCC2C(C)C)c1CN. The van der Waals surface area contributed by atoms with Crippen molar-refractivity contribution in [1.29, 1.82) is 0 Å². The van der Waals surface area contributed by atoms with Crippen LogP contribution in [0.4, 0.5) is 0 Å². The monoisotopic (exact) mass is 314 g/mol. The maximum atomic E-state index is 12.6. The number of aryl methyl sites for hydroxylation is 1. The summed E-state index contributed by atoms with van der Waals surface area (Å²) in [5, 5.41) is 6.71. The van der Waals surface area contributed by atoms with E-state index in [1.807, 2.05) is 0 Å².